The molecular formula is C14H18BrNO. The van der Waals surface area contributed by atoms with E-state index in [1.165, 1.54) is 0 Å². The average molecular weight is 296 g/mol. The second-order valence-electron chi connectivity index (χ2n) is 4.94. The average Bonchev–Trinajstić information content (AvgIpc) is 2.32. The minimum Gasteiger partial charge on any atom is -0.328 e. The lowest BCUT2D eigenvalue weighted by atomic mass is 9.81. The number of hydrogen-bond donors (Lipinski definition) is 1. The first-order valence-electron chi connectivity index (χ1n) is 6.14. The molecule has 0 atom stereocenters. The summed E-state index contributed by atoms with van der Waals surface area (Å²) in [5, 5.41) is 0. The number of hydrogen-bond acceptors (Lipinski definition) is 2. The Hall–Kier alpha value is -0.670. The van der Waals surface area contributed by atoms with Gasteiger partial charge in [-0.15, -0.1) is 0 Å². The number of rotatable bonds is 2. The molecule has 0 aliphatic heterocycles. The summed E-state index contributed by atoms with van der Waals surface area (Å²) in [6, 6.07) is 6.20. The summed E-state index contributed by atoms with van der Waals surface area (Å²) in [6.45, 7) is 1.99. The van der Waals surface area contributed by atoms with Gasteiger partial charge in [0.25, 0.3) is 0 Å². The van der Waals surface area contributed by atoms with Gasteiger partial charge in [-0.25, -0.2) is 0 Å². The van der Waals surface area contributed by atoms with Crippen LogP contribution >= 0.6 is 15.9 Å². The van der Waals surface area contributed by atoms with Crippen molar-refractivity contribution in [3.63, 3.8) is 0 Å². The van der Waals surface area contributed by atoms with Crippen molar-refractivity contribution in [2.75, 3.05) is 0 Å². The van der Waals surface area contributed by atoms with Crippen LogP contribution in [0.4, 0.5) is 0 Å². The van der Waals surface area contributed by atoms with Crippen molar-refractivity contribution in [3.8, 4) is 0 Å². The molecule has 1 aromatic carbocycles. The number of halogens is 1. The highest BCUT2D eigenvalue weighted by Crippen LogP contribution is 2.28. The molecular weight excluding hydrogens is 278 g/mol. The maximum Gasteiger partial charge on any atom is 0.166 e. The van der Waals surface area contributed by atoms with E-state index in [9.17, 15) is 4.79 Å². The van der Waals surface area contributed by atoms with Crippen LogP contribution in [-0.4, -0.2) is 11.8 Å². The molecule has 0 aromatic heterocycles. The molecule has 1 aromatic rings. The molecule has 2 rings (SSSR count). The van der Waals surface area contributed by atoms with E-state index in [0.717, 1.165) is 41.3 Å². The van der Waals surface area contributed by atoms with Crippen molar-refractivity contribution in [2.24, 2.45) is 11.7 Å². The van der Waals surface area contributed by atoms with Crippen molar-refractivity contribution in [1.29, 1.82) is 0 Å². The topological polar surface area (TPSA) is 43.1 Å². The minimum atomic E-state index is 0.169. The van der Waals surface area contributed by atoms with Crippen LogP contribution in [0.25, 0.3) is 0 Å². The highest BCUT2D eigenvalue weighted by Gasteiger charge is 2.26. The van der Waals surface area contributed by atoms with Gasteiger partial charge in [0.1, 0.15) is 0 Å². The van der Waals surface area contributed by atoms with E-state index in [1.807, 2.05) is 25.1 Å². The normalized spacial score (nSPS) is 24.6. The first kappa shape index (κ1) is 12.8. The molecule has 1 aliphatic rings. The van der Waals surface area contributed by atoms with Gasteiger partial charge in [-0.3, -0.25) is 4.79 Å². The van der Waals surface area contributed by atoms with Crippen molar-refractivity contribution in [2.45, 2.75) is 38.6 Å². The van der Waals surface area contributed by atoms with Crippen LogP contribution in [0.3, 0.4) is 0 Å². The van der Waals surface area contributed by atoms with Gasteiger partial charge in [-0.05, 0) is 50.3 Å². The third-order valence-corrected chi connectivity index (χ3v) is 4.10. The van der Waals surface area contributed by atoms with Crippen molar-refractivity contribution < 1.29 is 4.79 Å². The molecule has 1 saturated carbocycles. The maximum absolute atomic E-state index is 12.4. The Balaban J connectivity index is 2.16. The van der Waals surface area contributed by atoms with Gasteiger partial charge in [0.05, 0.1) is 0 Å². The van der Waals surface area contributed by atoms with Crippen molar-refractivity contribution in [3.05, 3.63) is 33.8 Å². The molecule has 3 heteroatoms. The van der Waals surface area contributed by atoms with Crippen LogP contribution in [0.5, 0.6) is 0 Å². The smallest absolute Gasteiger partial charge is 0.166 e. The summed E-state index contributed by atoms with van der Waals surface area (Å²) in [7, 11) is 0. The molecule has 0 spiro atoms. The second-order valence-corrected chi connectivity index (χ2v) is 5.85. The molecule has 0 amide bonds. The van der Waals surface area contributed by atoms with Crippen LogP contribution < -0.4 is 5.73 Å². The van der Waals surface area contributed by atoms with Gasteiger partial charge in [-0.2, -0.15) is 0 Å². The van der Waals surface area contributed by atoms with Gasteiger partial charge >= 0.3 is 0 Å². The summed E-state index contributed by atoms with van der Waals surface area (Å²) < 4.78 is 0.971. The number of nitrogens with two attached hydrogens (primary N) is 1. The van der Waals surface area contributed by atoms with Gasteiger partial charge in [0.15, 0.2) is 5.78 Å². The van der Waals surface area contributed by atoms with Crippen LogP contribution in [0.15, 0.2) is 22.7 Å². The Kier molecular flexibility index (Phi) is 4.00. The predicted octanol–water partition coefficient (Wildman–Crippen LogP) is 3.46. The zero-order valence-corrected chi connectivity index (χ0v) is 11.7. The third kappa shape index (κ3) is 2.96. The zero-order chi connectivity index (χ0) is 12.4. The molecule has 17 heavy (non-hydrogen) atoms. The predicted molar refractivity (Wildman–Crippen MR) is 73.1 cm³/mol. The number of Topliss-reactive ketones (excluding diaryl/α,β-unsaturated/α-hetero) is 1. The molecule has 2 nitrogen and oxygen atoms in total. The van der Waals surface area contributed by atoms with Gasteiger partial charge in [0, 0.05) is 22.0 Å². The number of benzene rings is 1. The van der Waals surface area contributed by atoms with Crippen LogP contribution in [0, 0.1) is 12.8 Å². The van der Waals surface area contributed by atoms with Crippen LogP contribution in [-0.2, 0) is 0 Å². The Morgan fingerprint density at radius 2 is 1.94 bits per heavy atom. The zero-order valence-electron chi connectivity index (χ0n) is 10.1. The van der Waals surface area contributed by atoms with Gasteiger partial charge in [0.2, 0.25) is 0 Å². The highest BCUT2D eigenvalue weighted by molar-refractivity contribution is 9.10. The number of carbonyl (C=O) groups is 1. The van der Waals surface area contributed by atoms with Crippen molar-refractivity contribution >= 4 is 21.7 Å². The fraction of sp³-hybridized carbons (Fsp3) is 0.500. The van der Waals surface area contributed by atoms with Crippen molar-refractivity contribution in [1.82, 2.24) is 0 Å². The molecule has 0 radical (unpaired) electrons. The fourth-order valence-electron chi connectivity index (χ4n) is 2.46. The second kappa shape index (κ2) is 5.32. The lowest BCUT2D eigenvalue weighted by Crippen LogP contribution is -2.30. The molecule has 0 heterocycles. The number of ketones is 1. The molecule has 0 unspecified atom stereocenters. The first-order valence-corrected chi connectivity index (χ1v) is 6.93. The molecule has 2 N–H and O–H groups in total. The molecule has 1 fully saturated rings. The highest BCUT2D eigenvalue weighted by atomic mass is 79.9. The molecule has 0 bridgehead atoms. The summed E-state index contributed by atoms with van der Waals surface area (Å²) in [5.74, 6) is 0.457. The van der Waals surface area contributed by atoms with Gasteiger partial charge < -0.3 is 5.73 Å². The Bertz CT molecular complexity index is 422. The molecule has 1 aliphatic carbocycles. The summed E-state index contributed by atoms with van der Waals surface area (Å²) in [5.41, 5.74) is 7.79. The van der Waals surface area contributed by atoms with E-state index in [-0.39, 0.29) is 11.7 Å². The van der Waals surface area contributed by atoms with E-state index >= 15 is 0 Å². The lowest BCUT2D eigenvalue weighted by molar-refractivity contribution is 0.0884. The number of carbonyl (C=O) groups excluding carboxylic acids is 1. The summed E-state index contributed by atoms with van der Waals surface area (Å²) >= 11 is 3.43. The molecule has 0 saturated heterocycles. The number of aryl methyl sites for hydroxylation is 1. The third-order valence-electron chi connectivity index (χ3n) is 3.61. The van der Waals surface area contributed by atoms with E-state index in [1.54, 1.807) is 0 Å². The van der Waals surface area contributed by atoms with Gasteiger partial charge in [-0.1, -0.05) is 22.0 Å². The minimum absolute atomic E-state index is 0.169. The maximum atomic E-state index is 12.4. The Morgan fingerprint density at radius 1 is 1.29 bits per heavy atom. The monoisotopic (exact) mass is 295 g/mol. The van der Waals surface area contributed by atoms with E-state index in [2.05, 4.69) is 15.9 Å². The largest absolute Gasteiger partial charge is 0.328 e. The quantitative estimate of drug-likeness (QED) is 0.849. The summed E-state index contributed by atoms with van der Waals surface area (Å²) in [4.78, 5) is 12.4. The standard InChI is InChI=1S/C14H18BrNO/c1-9-2-5-11(15)8-13(9)14(17)10-3-6-12(16)7-4-10/h2,5,8,10,12H,3-4,6-7,16H2,1H3. The Labute approximate surface area is 111 Å². The first-order chi connectivity index (χ1) is 8.08. The Morgan fingerprint density at radius 3 is 2.59 bits per heavy atom. The SMILES string of the molecule is Cc1ccc(Br)cc1C(=O)C1CCC(N)CC1. The van der Waals surface area contributed by atoms with E-state index < -0.39 is 0 Å². The lowest BCUT2D eigenvalue weighted by Gasteiger charge is -2.25. The van der Waals surface area contributed by atoms with Crippen LogP contribution in [0.2, 0.25) is 0 Å². The molecule has 92 valence electrons. The fourth-order valence-corrected chi connectivity index (χ4v) is 2.82. The van der Waals surface area contributed by atoms with Crippen LogP contribution in [0.1, 0.15) is 41.6 Å². The summed E-state index contributed by atoms with van der Waals surface area (Å²) in [6.07, 6.45) is 3.82. The van der Waals surface area contributed by atoms with E-state index in [4.69, 9.17) is 5.73 Å². The van der Waals surface area contributed by atoms with E-state index in [0.29, 0.717) is 6.04 Å².